The van der Waals surface area contributed by atoms with Crippen molar-refractivity contribution in [1.82, 2.24) is 0 Å². The minimum Gasteiger partial charge on any atom is -0.392 e. The number of aliphatic hydroxyl groups is 1. The molecule has 0 aliphatic carbocycles. The third-order valence-electron chi connectivity index (χ3n) is 3.07. The molecule has 82 valence electrons. The summed E-state index contributed by atoms with van der Waals surface area (Å²) in [5.74, 6) is 0. The highest BCUT2D eigenvalue weighted by molar-refractivity contribution is 9.10. The molecule has 1 saturated heterocycles. The predicted octanol–water partition coefficient (Wildman–Crippen LogP) is 2.93. The molecule has 15 heavy (non-hydrogen) atoms. The van der Waals surface area contributed by atoms with E-state index >= 15 is 0 Å². The van der Waals surface area contributed by atoms with Gasteiger partial charge < -0.3 is 10.0 Å². The van der Waals surface area contributed by atoms with Crippen molar-refractivity contribution in [3.63, 3.8) is 0 Å². The molecule has 0 saturated carbocycles. The largest absolute Gasteiger partial charge is 0.392 e. The van der Waals surface area contributed by atoms with E-state index in [0.29, 0.717) is 6.04 Å². The van der Waals surface area contributed by atoms with E-state index in [-0.39, 0.29) is 6.61 Å². The van der Waals surface area contributed by atoms with Crippen molar-refractivity contribution >= 4 is 21.6 Å². The molecule has 1 aliphatic rings. The van der Waals surface area contributed by atoms with E-state index in [4.69, 9.17) is 0 Å². The fourth-order valence-electron chi connectivity index (χ4n) is 2.25. The van der Waals surface area contributed by atoms with Crippen molar-refractivity contribution in [3.05, 3.63) is 28.2 Å². The molecule has 0 aromatic heterocycles. The maximum atomic E-state index is 9.34. The topological polar surface area (TPSA) is 23.5 Å². The number of hydrogen-bond acceptors (Lipinski definition) is 2. The van der Waals surface area contributed by atoms with Crippen LogP contribution in [0.4, 0.5) is 5.69 Å². The molecule has 1 fully saturated rings. The summed E-state index contributed by atoms with van der Waals surface area (Å²) < 4.78 is 1.03. The van der Waals surface area contributed by atoms with Gasteiger partial charge in [-0.2, -0.15) is 0 Å². The summed E-state index contributed by atoms with van der Waals surface area (Å²) >= 11 is 3.43. The fourth-order valence-corrected chi connectivity index (χ4v) is 2.66. The summed E-state index contributed by atoms with van der Waals surface area (Å²) in [6.07, 6.45) is 2.50. The number of benzene rings is 1. The van der Waals surface area contributed by atoms with Crippen molar-refractivity contribution < 1.29 is 5.11 Å². The molecule has 1 N–H and O–H groups in total. The zero-order valence-corrected chi connectivity index (χ0v) is 10.5. The standard InChI is InChI=1S/C12H16BrNO/c1-9-3-2-6-14(9)12-5-4-11(13)7-10(12)8-15/h4-5,7,9,15H,2-3,6,8H2,1H3/t9-/m0/s1. The first-order chi connectivity index (χ1) is 7.22. The van der Waals surface area contributed by atoms with Crippen molar-refractivity contribution in [3.8, 4) is 0 Å². The second-order valence-electron chi connectivity index (χ2n) is 4.12. The molecule has 1 heterocycles. The minimum absolute atomic E-state index is 0.109. The lowest BCUT2D eigenvalue weighted by Gasteiger charge is -2.26. The minimum atomic E-state index is 0.109. The van der Waals surface area contributed by atoms with E-state index in [1.54, 1.807) is 0 Å². The van der Waals surface area contributed by atoms with Gasteiger partial charge in [0.25, 0.3) is 0 Å². The molecule has 2 rings (SSSR count). The van der Waals surface area contributed by atoms with Gasteiger partial charge in [0.15, 0.2) is 0 Å². The Balaban J connectivity index is 2.34. The lowest BCUT2D eigenvalue weighted by Crippen LogP contribution is -2.27. The highest BCUT2D eigenvalue weighted by Crippen LogP contribution is 2.30. The average molecular weight is 270 g/mol. The molecule has 0 radical (unpaired) electrons. The molecule has 1 aliphatic heterocycles. The van der Waals surface area contributed by atoms with E-state index in [9.17, 15) is 5.11 Å². The normalized spacial score (nSPS) is 21.0. The highest BCUT2D eigenvalue weighted by atomic mass is 79.9. The molecule has 0 bridgehead atoms. The van der Waals surface area contributed by atoms with Crippen LogP contribution in [0.5, 0.6) is 0 Å². The Morgan fingerprint density at radius 1 is 1.53 bits per heavy atom. The second kappa shape index (κ2) is 4.54. The van der Waals surface area contributed by atoms with Gasteiger partial charge in [-0.25, -0.2) is 0 Å². The van der Waals surface area contributed by atoms with E-state index in [2.05, 4.69) is 33.8 Å². The number of hydrogen-bond donors (Lipinski definition) is 1. The van der Waals surface area contributed by atoms with Crippen molar-refractivity contribution in [2.45, 2.75) is 32.4 Å². The lowest BCUT2D eigenvalue weighted by molar-refractivity contribution is 0.282. The number of halogens is 1. The van der Waals surface area contributed by atoms with Crippen LogP contribution in [0.3, 0.4) is 0 Å². The average Bonchev–Trinajstić information content (AvgIpc) is 2.64. The molecule has 0 unspecified atom stereocenters. The van der Waals surface area contributed by atoms with Crippen LogP contribution in [0.2, 0.25) is 0 Å². The SMILES string of the molecule is C[C@H]1CCCN1c1ccc(Br)cc1CO. The molecule has 3 heteroatoms. The Labute approximate surface area is 99.0 Å². The van der Waals surface area contributed by atoms with Crippen LogP contribution >= 0.6 is 15.9 Å². The number of aliphatic hydroxyl groups excluding tert-OH is 1. The predicted molar refractivity (Wildman–Crippen MR) is 66.1 cm³/mol. The van der Waals surface area contributed by atoms with E-state index in [0.717, 1.165) is 16.6 Å². The summed E-state index contributed by atoms with van der Waals surface area (Å²) in [7, 11) is 0. The van der Waals surface area contributed by atoms with Gasteiger partial charge in [0.05, 0.1) is 6.61 Å². The first-order valence-electron chi connectivity index (χ1n) is 5.38. The van der Waals surface area contributed by atoms with Crippen molar-refractivity contribution in [2.24, 2.45) is 0 Å². The van der Waals surface area contributed by atoms with Gasteiger partial charge in [-0.15, -0.1) is 0 Å². The second-order valence-corrected chi connectivity index (χ2v) is 5.03. The van der Waals surface area contributed by atoms with Gasteiger partial charge in [-0.1, -0.05) is 15.9 Å². The Morgan fingerprint density at radius 2 is 2.33 bits per heavy atom. The fraction of sp³-hybridized carbons (Fsp3) is 0.500. The van der Waals surface area contributed by atoms with Crippen LogP contribution in [0.1, 0.15) is 25.3 Å². The Hall–Kier alpha value is -0.540. The maximum absolute atomic E-state index is 9.34. The van der Waals surface area contributed by atoms with Crippen LogP contribution in [0.15, 0.2) is 22.7 Å². The number of rotatable bonds is 2. The van der Waals surface area contributed by atoms with E-state index in [1.165, 1.54) is 18.5 Å². The molecule has 2 nitrogen and oxygen atoms in total. The zero-order valence-electron chi connectivity index (χ0n) is 8.91. The van der Waals surface area contributed by atoms with Crippen LogP contribution < -0.4 is 4.90 Å². The maximum Gasteiger partial charge on any atom is 0.0702 e. The summed E-state index contributed by atoms with van der Waals surface area (Å²) in [6, 6.07) is 6.73. The van der Waals surface area contributed by atoms with Crippen molar-refractivity contribution in [1.29, 1.82) is 0 Å². The Morgan fingerprint density at radius 3 is 2.93 bits per heavy atom. The van der Waals surface area contributed by atoms with Crippen LogP contribution in [-0.4, -0.2) is 17.7 Å². The van der Waals surface area contributed by atoms with E-state index in [1.807, 2.05) is 12.1 Å². The van der Waals surface area contributed by atoms with Gasteiger partial charge in [-0.05, 0) is 38.0 Å². The summed E-state index contributed by atoms with van der Waals surface area (Å²) in [5, 5.41) is 9.34. The molecule has 1 atom stereocenters. The molecular weight excluding hydrogens is 254 g/mol. The third kappa shape index (κ3) is 2.18. The molecule has 0 amide bonds. The molecule has 1 aromatic rings. The lowest BCUT2D eigenvalue weighted by atomic mass is 10.1. The first kappa shape index (κ1) is 11.0. The van der Waals surface area contributed by atoms with Crippen LogP contribution in [0, 0.1) is 0 Å². The highest BCUT2D eigenvalue weighted by Gasteiger charge is 2.22. The van der Waals surface area contributed by atoms with Gasteiger partial charge in [0, 0.05) is 28.3 Å². The summed E-state index contributed by atoms with van der Waals surface area (Å²) in [6.45, 7) is 3.46. The first-order valence-corrected chi connectivity index (χ1v) is 6.17. The summed E-state index contributed by atoms with van der Waals surface area (Å²) in [4.78, 5) is 2.39. The molecule has 1 aromatic carbocycles. The van der Waals surface area contributed by atoms with Crippen LogP contribution in [-0.2, 0) is 6.61 Å². The number of anilines is 1. The Kier molecular flexibility index (Phi) is 3.32. The van der Waals surface area contributed by atoms with Gasteiger partial charge in [-0.3, -0.25) is 0 Å². The summed E-state index contributed by atoms with van der Waals surface area (Å²) in [5.41, 5.74) is 2.20. The van der Waals surface area contributed by atoms with Crippen molar-refractivity contribution in [2.75, 3.05) is 11.4 Å². The monoisotopic (exact) mass is 269 g/mol. The van der Waals surface area contributed by atoms with E-state index < -0.39 is 0 Å². The van der Waals surface area contributed by atoms with Crippen LogP contribution in [0.25, 0.3) is 0 Å². The Bertz CT molecular complexity index is 353. The molecule has 0 spiro atoms. The molecular formula is C12H16BrNO. The van der Waals surface area contributed by atoms with Gasteiger partial charge in [0.1, 0.15) is 0 Å². The smallest absolute Gasteiger partial charge is 0.0702 e. The zero-order chi connectivity index (χ0) is 10.8. The number of nitrogens with zero attached hydrogens (tertiary/aromatic N) is 1. The quantitative estimate of drug-likeness (QED) is 0.893. The van der Waals surface area contributed by atoms with Gasteiger partial charge >= 0.3 is 0 Å². The third-order valence-corrected chi connectivity index (χ3v) is 3.57. The van der Waals surface area contributed by atoms with Gasteiger partial charge in [0.2, 0.25) is 0 Å².